The van der Waals surface area contributed by atoms with E-state index in [0.29, 0.717) is 5.84 Å². The fourth-order valence-electron chi connectivity index (χ4n) is 2.24. The molecule has 3 rings (SSSR count). The van der Waals surface area contributed by atoms with Gasteiger partial charge in [0.1, 0.15) is 0 Å². The number of carbonyl (C=O) groups excluding carboxylic acids is 1. The molecule has 5 heteroatoms. The van der Waals surface area contributed by atoms with Crippen molar-refractivity contribution in [2.75, 3.05) is 0 Å². The largest absolute Gasteiger partial charge is 0.430 e. The molecule has 22 heavy (non-hydrogen) atoms. The second-order valence-electron chi connectivity index (χ2n) is 5.02. The predicted molar refractivity (Wildman–Crippen MR) is 84.9 cm³/mol. The molecule has 0 saturated carbocycles. The molecule has 2 aromatic rings. The molecule has 5 nitrogen and oxygen atoms in total. The molecule has 1 heterocycles. The Bertz CT molecular complexity index is 726. The smallest absolute Gasteiger partial charge is 0.414 e. The van der Waals surface area contributed by atoms with E-state index in [1.165, 1.54) is 0 Å². The molecule has 1 fully saturated rings. The normalized spacial score (nSPS) is 22.8. The van der Waals surface area contributed by atoms with Crippen molar-refractivity contribution in [2.45, 2.75) is 12.5 Å². The van der Waals surface area contributed by atoms with E-state index in [9.17, 15) is 4.79 Å². The predicted octanol–water partition coefficient (Wildman–Crippen LogP) is 3.07. The average molecular weight is 293 g/mol. The summed E-state index contributed by atoms with van der Waals surface area (Å²) in [5, 5.41) is 10.8. The summed E-state index contributed by atoms with van der Waals surface area (Å²) in [7, 11) is 0. The Hall–Kier alpha value is -2.95. The number of carbonyl (C=O) groups is 1. The zero-order valence-electron chi connectivity index (χ0n) is 12.1. The molecule has 1 amide bonds. The van der Waals surface area contributed by atoms with Gasteiger partial charge in [0.2, 0.25) is 0 Å². The number of ether oxygens (including phenoxy) is 1. The van der Waals surface area contributed by atoms with Crippen LogP contribution in [0.5, 0.6) is 0 Å². The maximum atomic E-state index is 11.6. The number of rotatable bonds is 3. The van der Waals surface area contributed by atoms with Gasteiger partial charge in [-0.15, -0.1) is 5.10 Å². The van der Waals surface area contributed by atoms with Gasteiger partial charge in [-0.3, -0.25) is 5.32 Å². The third-order valence-corrected chi connectivity index (χ3v) is 3.46. The zero-order valence-corrected chi connectivity index (χ0v) is 12.1. The number of nitrogens with one attached hydrogen (secondary N) is 1. The number of nitrogens with zero attached hydrogens (tertiary/aromatic N) is 2. The summed E-state index contributed by atoms with van der Waals surface area (Å²) in [6, 6.07) is 19.1. The molecule has 0 spiro atoms. The van der Waals surface area contributed by atoms with Crippen LogP contribution >= 0.6 is 0 Å². The van der Waals surface area contributed by atoms with Gasteiger partial charge < -0.3 is 4.74 Å². The highest BCUT2D eigenvalue weighted by molar-refractivity contribution is 6.06. The van der Waals surface area contributed by atoms with E-state index in [1.807, 2.05) is 60.7 Å². The minimum absolute atomic E-state index is 0.371. The second kappa shape index (κ2) is 5.81. The molecule has 110 valence electrons. The van der Waals surface area contributed by atoms with Crippen molar-refractivity contribution < 1.29 is 9.53 Å². The first-order chi connectivity index (χ1) is 10.7. The Balaban J connectivity index is 1.89. The van der Waals surface area contributed by atoms with Crippen LogP contribution in [0.25, 0.3) is 0 Å². The van der Waals surface area contributed by atoms with Gasteiger partial charge >= 0.3 is 6.09 Å². The first kappa shape index (κ1) is 14.0. The molecule has 1 saturated heterocycles. The lowest BCUT2D eigenvalue weighted by Gasteiger charge is -2.21. The van der Waals surface area contributed by atoms with Crippen LogP contribution in [-0.2, 0) is 10.3 Å². The third kappa shape index (κ3) is 2.74. The quantitative estimate of drug-likeness (QED) is 0.698. The van der Waals surface area contributed by atoms with E-state index < -0.39 is 11.7 Å². The Morgan fingerprint density at radius 3 is 2.36 bits per heavy atom. The fourth-order valence-corrected chi connectivity index (χ4v) is 2.24. The average Bonchev–Trinajstić information content (AvgIpc) is 2.85. The first-order valence-electron chi connectivity index (χ1n) is 6.90. The zero-order chi connectivity index (χ0) is 15.4. The SMILES string of the molecule is CC1(c2ccccc2)OC(=O)N/C1=N/N=C/c1ccccc1. The number of amides is 1. The van der Waals surface area contributed by atoms with Crippen molar-refractivity contribution in [3.05, 3.63) is 71.8 Å². The van der Waals surface area contributed by atoms with Crippen LogP contribution in [0, 0.1) is 0 Å². The molecule has 2 aromatic carbocycles. The maximum Gasteiger partial charge on any atom is 0.414 e. The molecule has 0 radical (unpaired) electrons. The molecule has 1 aliphatic rings. The van der Waals surface area contributed by atoms with E-state index in [-0.39, 0.29) is 0 Å². The lowest BCUT2D eigenvalue weighted by molar-refractivity contribution is 0.0960. The summed E-state index contributed by atoms with van der Waals surface area (Å²) in [5.74, 6) is 0.371. The summed E-state index contributed by atoms with van der Waals surface area (Å²) < 4.78 is 5.40. The van der Waals surface area contributed by atoms with Crippen molar-refractivity contribution in [3.8, 4) is 0 Å². The van der Waals surface area contributed by atoms with E-state index >= 15 is 0 Å². The monoisotopic (exact) mass is 293 g/mol. The molecular weight excluding hydrogens is 278 g/mol. The number of cyclic esters (lactones) is 1. The summed E-state index contributed by atoms with van der Waals surface area (Å²) in [5.41, 5.74) is 0.812. The lowest BCUT2D eigenvalue weighted by Crippen LogP contribution is -2.33. The van der Waals surface area contributed by atoms with Crippen molar-refractivity contribution in [1.82, 2.24) is 5.32 Å². The van der Waals surface area contributed by atoms with Gasteiger partial charge in [0, 0.05) is 5.56 Å². The van der Waals surface area contributed by atoms with E-state index in [2.05, 4.69) is 15.5 Å². The first-order valence-corrected chi connectivity index (χ1v) is 6.90. The van der Waals surface area contributed by atoms with E-state index in [4.69, 9.17) is 4.74 Å². The van der Waals surface area contributed by atoms with Crippen LogP contribution < -0.4 is 5.32 Å². The maximum absolute atomic E-state index is 11.6. The highest BCUT2D eigenvalue weighted by Crippen LogP contribution is 2.30. The number of amidine groups is 1. The van der Waals surface area contributed by atoms with Crippen molar-refractivity contribution in [2.24, 2.45) is 10.2 Å². The summed E-state index contributed by atoms with van der Waals surface area (Å²) in [4.78, 5) is 11.6. The Morgan fingerprint density at radius 2 is 1.68 bits per heavy atom. The fraction of sp³-hybridized carbons (Fsp3) is 0.118. The topological polar surface area (TPSA) is 63.0 Å². The minimum Gasteiger partial charge on any atom is -0.430 e. The van der Waals surface area contributed by atoms with Gasteiger partial charge in [0.15, 0.2) is 11.4 Å². The van der Waals surface area contributed by atoms with Gasteiger partial charge in [-0.1, -0.05) is 60.7 Å². The van der Waals surface area contributed by atoms with Gasteiger partial charge in [-0.05, 0) is 12.5 Å². The molecule has 0 aromatic heterocycles. The molecule has 1 unspecified atom stereocenters. The Kier molecular flexibility index (Phi) is 3.70. The van der Waals surface area contributed by atoms with Gasteiger partial charge in [0.05, 0.1) is 6.21 Å². The molecule has 1 atom stereocenters. The number of alkyl carbamates (subject to hydrolysis) is 1. The third-order valence-electron chi connectivity index (χ3n) is 3.46. The highest BCUT2D eigenvalue weighted by Gasteiger charge is 2.44. The van der Waals surface area contributed by atoms with Crippen LogP contribution in [0.3, 0.4) is 0 Å². The summed E-state index contributed by atoms with van der Waals surface area (Å²) in [6.07, 6.45) is 1.10. The molecular formula is C17H15N3O2. The number of hydrogen-bond acceptors (Lipinski definition) is 4. The lowest BCUT2D eigenvalue weighted by atomic mass is 9.95. The van der Waals surface area contributed by atoms with E-state index in [0.717, 1.165) is 11.1 Å². The van der Waals surface area contributed by atoms with Gasteiger partial charge in [-0.2, -0.15) is 5.10 Å². The summed E-state index contributed by atoms with van der Waals surface area (Å²) in [6.45, 7) is 1.79. The standard InChI is InChI=1S/C17H15N3O2/c1-17(14-10-6-3-7-11-14)15(19-16(21)22-17)20-18-12-13-8-4-2-5-9-13/h2-12H,1H3,(H,19,20,21)/b18-12+. The van der Waals surface area contributed by atoms with Crippen molar-refractivity contribution in [3.63, 3.8) is 0 Å². The van der Waals surface area contributed by atoms with E-state index in [1.54, 1.807) is 13.1 Å². The molecule has 0 bridgehead atoms. The molecule has 1 N–H and O–H groups in total. The highest BCUT2D eigenvalue weighted by atomic mass is 16.6. The van der Waals surface area contributed by atoms with Crippen LogP contribution in [0.4, 0.5) is 4.79 Å². The number of benzene rings is 2. The summed E-state index contributed by atoms with van der Waals surface area (Å²) >= 11 is 0. The Morgan fingerprint density at radius 1 is 1.05 bits per heavy atom. The van der Waals surface area contributed by atoms with Crippen molar-refractivity contribution >= 4 is 18.1 Å². The number of hydrogen-bond donors (Lipinski definition) is 1. The van der Waals surface area contributed by atoms with Crippen LogP contribution in [-0.4, -0.2) is 18.1 Å². The van der Waals surface area contributed by atoms with Crippen LogP contribution in [0.2, 0.25) is 0 Å². The Labute approximate surface area is 128 Å². The molecule has 0 aliphatic carbocycles. The van der Waals surface area contributed by atoms with Gasteiger partial charge in [0.25, 0.3) is 0 Å². The van der Waals surface area contributed by atoms with Crippen molar-refractivity contribution in [1.29, 1.82) is 0 Å². The van der Waals surface area contributed by atoms with Crippen LogP contribution in [0.15, 0.2) is 70.9 Å². The molecule has 1 aliphatic heterocycles. The minimum atomic E-state index is -0.952. The van der Waals surface area contributed by atoms with Crippen LogP contribution in [0.1, 0.15) is 18.1 Å². The second-order valence-corrected chi connectivity index (χ2v) is 5.02. The van der Waals surface area contributed by atoms with Gasteiger partial charge in [-0.25, -0.2) is 4.79 Å².